The number of hydrogen-bond donors (Lipinski definition) is 2. The number of amides is 1. The standard InChI is InChI=1S/C18H21ClN2O8/c1-8-5-9-12(10(19)6-8)20-29-14-18(9,28-16(26)27-17(2,3)4)7-11(13(22)23)21(14)15(24)25/h5-6,8,11,14H,7H2,1-4H3,(H,22,23)(H,24,25)/t8?,11-,14+,18+/m0/s1. The van der Waals surface area contributed by atoms with Crippen LogP contribution in [0.2, 0.25) is 0 Å². The van der Waals surface area contributed by atoms with Crippen molar-refractivity contribution in [1.82, 2.24) is 4.90 Å². The first-order chi connectivity index (χ1) is 13.4. The van der Waals surface area contributed by atoms with E-state index in [1.807, 2.05) is 6.92 Å². The largest absolute Gasteiger partial charge is 0.509 e. The van der Waals surface area contributed by atoms with E-state index in [-0.39, 0.29) is 28.7 Å². The molecule has 158 valence electrons. The molecule has 2 aliphatic heterocycles. The molecule has 3 aliphatic rings. The summed E-state index contributed by atoms with van der Waals surface area (Å²) in [4.78, 5) is 42.0. The highest BCUT2D eigenvalue weighted by Crippen LogP contribution is 2.48. The Labute approximate surface area is 171 Å². The Hall–Kier alpha value is -2.75. The molecular weight excluding hydrogens is 408 g/mol. The van der Waals surface area contributed by atoms with E-state index in [2.05, 4.69) is 5.16 Å². The lowest BCUT2D eigenvalue weighted by atomic mass is 9.80. The van der Waals surface area contributed by atoms with Gasteiger partial charge in [-0.3, -0.25) is 4.90 Å². The molecule has 2 N–H and O–H groups in total. The number of ether oxygens (including phenoxy) is 2. The van der Waals surface area contributed by atoms with Crippen molar-refractivity contribution in [1.29, 1.82) is 0 Å². The molecular formula is C18H21ClN2O8. The summed E-state index contributed by atoms with van der Waals surface area (Å²) in [6, 6.07) is -1.53. The lowest BCUT2D eigenvalue weighted by molar-refractivity contribution is -0.150. The van der Waals surface area contributed by atoms with Crippen LogP contribution in [0.1, 0.15) is 34.1 Å². The van der Waals surface area contributed by atoms with Gasteiger partial charge in [0.15, 0.2) is 0 Å². The number of aliphatic carboxylic acids is 1. The summed E-state index contributed by atoms with van der Waals surface area (Å²) >= 11 is 6.27. The highest BCUT2D eigenvalue weighted by atomic mass is 35.5. The number of allylic oxidation sites excluding steroid dienone is 3. The van der Waals surface area contributed by atoms with Gasteiger partial charge in [-0.2, -0.15) is 0 Å². The zero-order chi connectivity index (χ0) is 21.7. The van der Waals surface area contributed by atoms with Crippen LogP contribution in [0.4, 0.5) is 9.59 Å². The maximum Gasteiger partial charge on any atom is 0.509 e. The van der Waals surface area contributed by atoms with Crippen molar-refractivity contribution in [3.63, 3.8) is 0 Å². The monoisotopic (exact) mass is 428 g/mol. The number of hydrogen-bond acceptors (Lipinski definition) is 7. The Kier molecular flexibility index (Phi) is 5.02. The average Bonchev–Trinajstić information content (AvgIpc) is 2.88. The summed E-state index contributed by atoms with van der Waals surface area (Å²) in [7, 11) is 0. The van der Waals surface area contributed by atoms with Crippen LogP contribution in [0, 0.1) is 5.92 Å². The van der Waals surface area contributed by atoms with E-state index in [0.29, 0.717) is 4.90 Å². The Morgan fingerprint density at radius 1 is 1.31 bits per heavy atom. The maximum absolute atomic E-state index is 12.5. The summed E-state index contributed by atoms with van der Waals surface area (Å²) in [5.74, 6) is -1.61. The highest BCUT2D eigenvalue weighted by Gasteiger charge is 2.66. The number of carbonyl (C=O) groups excluding carboxylic acids is 1. The van der Waals surface area contributed by atoms with Gasteiger partial charge < -0.3 is 24.5 Å². The van der Waals surface area contributed by atoms with Crippen LogP contribution in [-0.4, -0.2) is 62.5 Å². The second kappa shape index (κ2) is 6.94. The Balaban J connectivity index is 2.13. The lowest BCUT2D eigenvalue weighted by Gasteiger charge is -2.40. The van der Waals surface area contributed by atoms with E-state index < -0.39 is 41.7 Å². The normalized spacial score (nSPS) is 30.7. The lowest BCUT2D eigenvalue weighted by Crippen LogP contribution is -2.56. The average molecular weight is 429 g/mol. The van der Waals surface area contributed by atoms with Gasteiger partial charge in [-0.05, 0) is 26.7 Å². The van der Waals surface area contributed by atoms with E-state index in [1.165, 1.54) is 0 Å². The summed E-state index contributed by atoms with van der Waals surface area (Å²) in [5, 5.41) is 23.3. The molecule has 0 bridgehead atoms. The van der Waals surface area contributed by atoms with Crippen molar-refractivity contribution in [2.75, 3.05) is 0 Å². The van der Waals surface area contributed by atoms with Gasteiger partial charge in [-0.1, -0.05) is 35.8 Å². The summed E-state index contributed by atoms with van der Waals surface area (Å²) in [5.41, 5.74) is -2.24. The predicted octanol–water partition coefficient (Wildman–Crippen LogP) is 2.92. The molecule has 0 saturated carbocycles. The number of carbonyl (C=O) groups is 3. The molecule has 0 aromatic rings. The van der Waals surface area contributed by atoms with Crippen LogP contribution in [-0.2, 0) is 19.1 Å². The van der Waals surface area contributed by atoms with Crippen molar-refractivity contribution < 1.29 is 38.9 Å². The number of rotatable bonds is 2. The smallest absolute Gasteiger partial charge is 0.480 e. The van der Waals surface area contributed by atoms with Gasteiger partial charge in [-0.15, -0.1) is 0 Å². The molecule has 0 aromatic carbocycles. The molecule has 1 amide bonds. The number of carboxylic acids is 1. The number of fused-ring (bicyclic) bond motifs is 3. The third-order valence-electron chi connectivity index (χ3n) is 4.66. The zero-order valence-electron chi connectivity index (χ0n) is 16.2. The Bertz CT molecular complexity index is 858. The molecule has 0 aromatic heterocycles. The van der Waals surface area contributed by atoms with E-state index in [9.17, 15) is 24.6 Å². The third kappa shape index (κ3) is 3.64. The SMILES string of the molecule is CC1C=C(Cl)C2=NO[C@H]3N(C(=O)O)[C@H](C(=O)O)C[C@@]3(OC(=O)OC(C)(C)C)C2=C1. The fourth-order valence-electron chi connectivity index (χ4n) is 3.63. The van der Waals surface area contributed by atoms with Gasteiger partial charge >= 0.3 is 18.2 Å². The molecule has 1 unspecified atom stereocenters. The van der Waals surface area contributed by atoms with E-state index in [1.54, 1.807) is 32.9 Å². The molecule has 29 heavy (non-hydrogen) atoms. The molecule has 3 rings (SSSR count). The van der Waals surface area contributed by atoms with Gasteiger partial charge in [0.2, 0.25) is 11.8 Å². The summed E-state index contributed by atoms with van der Waals surface area (Å²) in [6.07, 6.45) is -1.18. The fourth-order valence-corrected chi connectivity index (χ4v) is 3.96. The van der Waals surface area contributed by atoms with Gasteiger partial charge in [0.05, 0.1) is 5.03 Å². The minimum Gasteiger partial charge on any atom is -0.480 e. The topological polar surface area (TPSA) is 135 Å². The van der Waals surface area contributed by atoms with Crippen molar-refractivity contribution in [3.05, 3.63) is 22.8 Å². The minimum absolute atomic E-state index is 0.154. The van der Waals surface area contributed by atoms with Crippen LogP contribution in [0.3, 0.4) is 0 Å². The van der Waals surface area contributed by atoms with Crippen molar-refractivity contribution in [2.45, 2.75) is 57.6 Å². The second-order valence-electron chi connectivity index (χ2n) is 8.06. The first-order valence-corrected chi connectivity index (χ1v) is 9.24. The number of halogens is 1. The summed E-state index contributed by atoms with van der Waals surface area (Å²) < 4.78 is 10.8. The maximum atomic E-state index is 12.5. The predicted molar refractivity (Wildman–Crippen MR) is 99.4 cm³/mol. The highest BCUT2D eigenvalue weighted by molar-refractivity contribution is 6.47. The van der Waals surface area contributed by atoms with E-state index in [4.69, 9.17) is 25.9 Å². The first kappa shape index (κ1) is 21.0. The minimum atomic E-state index is -1.79. The molecule has 0 spiro atoms. The first-order valence-electron chi connectivity index (χ1n) is 8.86. The van der Waals surface area contributed by atoms with Crippen molar-refractivity contribution in [2.24, 2.45) is 11.1 Å². The summed E-state index contributed by atoms with van der Waals surface area (Å²) in [6.45, 7) is 6.71. The molecule has 1 aliphatic carbocycles. The number of nitrogens with zero attached hydrogens (tertiary/aromatic N) is 2. The number of carboxylic acid groups (broad SMARTS) is 2. The van der Waals surface area contributed by atoms with E-state index in [0.717, 1.165) is 0 Å². The molecule has 1 fully saturated rings. The fraction of sp³-hybridized carbons (Fsp3) is 0.556. The van der Waals surface area contributed by atoms with Gasteiger partial charge in [-0.25, -0.2) is 14.4 Å². The van der Waals surface area contributed by atoms with Crippen LogP contribution < -0.4 is 0 Å². The Morgan fingerprint density at radius 3 is 2.52 bits per heavy atom. The molecule has 10 nitrogen and oxygen atoms in total. The second-order valence-corrected chi connectivity index (χ2v) is 8.46. The van der Waals surface area contributed by atoms with Crippen LogP contribution in [0.15, 0.2) is 27.9 Å². The van der Waals surface area contributed by atoms with Gasteiger partial charge in [0.1, 0.15) is 17.4 Å². The van der Waals surface area contributed by atoms with Crippen molar-refractivity contribution in [3.8, 4) is 0 Å². The third-order valence-corrected chi connectivity index (χ3v) is 4.97. The number of likely N-dealkylation sites (tertiary alicyclic amines) is 1. The number of oxime groups is 1. The molecule has 4 atom stereocenters. The van der Waals surface area contributed by atoms with Crippen LogP contribution in [0.25, 0.3) is 0 Å². The molecule has 11 heteroatoms. The van der Waals surface area contributed by atoms with Crippen LogP contribution in [0.5, 0.6) is 0 Å². The molecule has 1 saturated heterocycles. The van der Waals surface area contributed by atoms with Crippen LogP contribution >= 0.6 is 11.6 Å². The van der Waals surface area contributed by atoms with Crippen molar-refractivity contribution >= 4 is 35.5 Å². The van der Waals surface area contributed by atoms with E-state index >= 15 is 0 Å². The zero-order valence-corrected chi connectivity index (χ0v) is 17.0. The molecule has 2 heterocycles. The Morgan fingerprint density at radius 2 is 1.97 bits per heavy atom. The molecule has 0 radical (unpaired) electrons. The van der Waals surface area contributed by atoms with Gasteiger partial charge in [0.25, 0.3) is 0 Å². The van der Waals surface area contributed by atoms with Gasteiger partial charge in [0, 0.05) is 12.0 Å². The quantitative estimate of drug-likeness (QED) is 0.641.